The molecule has 5 nitrogen and oxygen atoms in total. The highest BCUT2D eigenvalue weighted by atomic mass is 16.3. The van der Waals surface area contributed by atoms with Gasteiger partial charge in [0.2, 0.25) is 0 Å². The molecule has 1 fully saturated rings. The number of hydrogen-bond acceptors (Lipinski definition) is 4. The summed E-state index contributed by atoms with van der Waals surface area (Å²) < 4.78 is 2.18. The van der Waals surface area contributed by atoms with Gasteiger partial charge in [-0.25, -0.2) is 9.97 Å². The number of nitrogens with zero attached hydrogens (tertiary/aromatic N) is 3. The molecule has 108 valence electrons. The first-order chi connectivity index (χ1) is 9.61. The lowest BCUT2D eigenvalue weighted by atomic mass is 10.1. The number of nitrogen functional groups attached to an aromatic ring is 1. The molecule has 0 aliphatic heterocycles. The molecule has 1 saturated carbocycles. The highest BCUT2D eigenvalue weighted by molar-refractivity contribution is 5.90. The summed E-state index contributed by atoms with van der Waals surface area (Å²) in [5.74, 6) is 0.525. The molecule has 0 radical (unpaired) electrons. The van der Waals surface area contributed by atoms with Crippen LogP contribution in [0.4, 0.5) is 5.82 Å². The van der Waals surface area contributed by atoms with Gasteiger partial charge >= 0.3 is 0 Å². The van der Waals surface area contributed by atoms with Crippen LogP contribution in [0, 0.1) is 13.8 Å². The number of anilines is 1. The third-order valence-electron chi connectivity index (χ3n) is 4.64. The minimum atomic E-state index is -0.303. The van der Waals surface area contributed by atoms with E-state index in [1.807, 2.05) is 0 Å². The van der Waals surface area contributed by atoms with Crippen LogP contribution < -0.4 is 5.73 Å². The fourth-order valence-electron chi connectivity index (χ4n) is 3.43. The van der Waals surface area contributed by atoms with Crippen molar-refractivity contribution in [3.63, 3.8) is 0 Å². The molecule has 20 heavy (non-hydrogen) atoms. The Morgan fingerprint density at radius 3 is 2.75 bits per heavy atom. The molecule has 0 aromatic carbocycles. The van der Waals surface area contributed by atoms with Crippen LogP contribution in [0.2, 0.25) is 0 Å². The van der Waals surface area contributed by atoms with Gasteiger partial charge in [0.25, 0.3) is 0 Å². The van der Waals surface area contributed by atoms with Gasteiger partial charge in [0, 0.05) is 5.69 Å². The molecule has 3 rings (SSSR count). The van der Waals surface area contributed by atoms with Crippen molar-refractivity contribution in [2.75, 3.05) is 5.73 Å². The Morgan fingerprint density at radius 1 is 1.20 bits per heavy atom. The predicted octanol–water partition coefficient (Wildman–Crippen LogP) is 2.50. The first-order valence-corrected chi connectivity index (χ1v) is 7.37. The summed E-state index contributed by atoms with van der Waals surface area (Å²) >= 11 is 0. The first kappa shape index (κ1) is 13.4. The molecular formula is C15H22N4O. The van der Waals surface area contributed by atoms with E-state index in [2.05, 4.69) is 28.4 Å². The number of rotatable bonds is 1. The summed E-state index contributed by atoms with van der Waals surface area (Å²) in [6.07, 6.45) is 6.52. The molecule has 2 aromatic heterocycles. The second kappa shape index (κ2) is 5.05. The monoisotopic (exact) mass is 274 g/mol. The van der Waals surface area contributed by atoms with E-state index in [1.54, 1.807) is 0 Å². The van der Waals surface area contributed by atoms with E-state index in [0.29, 0.717) is 5.82 Å². The minimum absolute atomic E-state index is 0.1000. The van der Waals surface area contributed by atoms with E-state index in [-0.39, 0.29) is 12.1 Å². The highest BCUT2D eigenvalue weighted by Crippen LogP contribution is 2.35. The van der Waals surface area contributed by atoms with Gasteiger partial charge in [-0.1, -0.05) is 19.3 Å². The maximum atomic E-state index is 10.5. The van der Waals surface area contributed by atoms with Crippen molar-refractivity contribution < 1.29 is 5.11 Å². The van der Waals surface area contributed by atoms with Crippen molar-refractivity contribution in [1.82, 2.24) is 14.5 Å². The fourth-order valence-corrected chi connectivity index (χ4v) is 3.43. The summed E-state index contributed by atoms with van der Waals surface area (Å²) in [6, 6.07) is 0.1000. The Kier molecular flexibility index (Phi) is 3.38. The Morgan fingerprint density at radius 2 is 1.95 bits per heavy atom. The lowest BCUT2D eigenvalue weighted by Crippen LogP contribution is -2.24. The van der Waals surface area contributed by atoms with Crippen LogP contribution in [0.3, 0.4) is 0 Å². The zero-order valence-corrected chi connectivity index (χ0v) is 12.1. The van der Waals surface area contributed by atoms with Gasteiger partial charge in [-0.2, -0.15) is 0 Å². The van der Waals surface area contributed by atoms with Crippen LogP contribution in [-0.4, -0.2) is 25.7 Å². The highest BCUT2D eigenvalue weighted by Gasteiger charge is 2.27. The van der Waals surface area contributed by atoms with Gasteiger partial charge in [-0.15, -0.1) is 0 Å². The molecule has 0 amide bonds. The number of fused-ring (bicyclic) bond motifs is 1. The van der Waals surface area contributed by atoms with E-state index in [9.17, 15) is 5.11 Å². The van der Waals surface area contributed by atoms with Gasteiger partial charge in [-0.3, -0.25) is 0 Å². The summed E-state index contributed by atoms with van der Waals surface area (Å²) in [5.41, 5.74) is 9.12. The van der Waals surface area contributed by atoms with E-state index >= 15 is 0 Å². The van der Waals surface area contributed by atoms with Crippen molar-refractivity contribution in [1.29, 1.82) is 0 Å². The van der Waals surface area contributed by atoms with Crippen molar-refractivity contribution in [2.24, 2.45) is 0 Å². The Labute approximate surface area is 118 Å². The van der Waals surface area contributed by atoms with Gasteiger partial charge in [0.15, 0.2) is 0 Å². The van der Waals surface area contributed by atoms with Crippen molar-refractivity contribution in [3.05, 3.63) is 17.6 Å². The molecule has 2 atom stereocenters. The molecule has 2 aromatic rings. The second-order valence-electron chi connectivity index (χ2n) is 5.81. The van der Waals surface area contributed by atoms with Crippen LogP contribution in [-0.2, 0) is 0 Å². The number of aliphatic hydroxyl groups excluding tert-OH is 1. The zero-order valence-electron chi connectivity index (χ0n) is 12.1. The smallest absolute Gasteiger partial charge is 0.146 e. The largest absolute Gasteiger partial charge is 0.391 e. The van der Waals surface area contributed by atoms with E-state index < -0.39 is 0 Å². The summed E-state index contributed by atoms with van der Waals surface area (Å²) in [5, 5.41) is 11.4. The Bertz CT molecular complexity index is 634. The lowest BCUT2D eigenvalue weighted by molar-refractivity contribution is 0.106. The Hall–Kier alpha value is -1.62. The van der Waals surface area contributed by atoms with Crippen LogP contribution in [0.1, 0.15) is 49.4 Å². The number of nitrogens with two attached hydrogens (primary N) is 1. The predicted molar refractivity (Wildman–Crippen MR) is 79.5 cm³/mol. The minimum Gasteiger partial charge on any atom is -0.391 e. The number of aromatic nitrogens is 3. The average molecular weight is 274 g/mol. The molecule has 3 N–H and O–H groups in total. The maximum Gasteiger partial charge on any atom is 0.146 e. The average Bonchev–Trinajstić information content (AvgIpc) is 2.58. The molecule has 1 aliphatic rings. The van der Waals surface area contributed by atoms with Gasteiger partial charge in [0.1, 0.15) is 17.8 Å². The third kappa shape index (κ3) is 1.97. The zero-order chi connectivity index (χ0) is 14.3. The van der Waals surface area contributed by atoms with Crippen molar-refractivity contribution >= 4 is 16.9 Å². The second-order valence-corrected chi connectivity index (χ2v) is 5.81. The van der Waals surface area contributed by atoms with Crippen LogP contribution >= 0.6 is 0 Å². The standard InChI is InChI=1S/C15H22N4O/c1-9-10(2)19(11-6-4-3-5-7-12(11)20)15-13(9)14(16)17-8-18-15/h8,11-12,20H,3-7H2,1-2H3,(H2,16,17,18). The molecule has 0 spiro atoms. The molecule has 0 bridgehead atoms. The Balaban J connectivity index is 2.20. The van der Waals surface area contributed by atoms with E-state index in [1.165, 1.54) is 12.7 Å². The third-order valence-corrected chi connectivity index (χ3v) is 4.64. The van der Waals surface area contributed by atoms with Gasteiger partial charge < -0.3 is 15.4 Å². The summed E-state index contributed by atoms with van der Waals surface area (Å²) in [6.45, 7) is 4.13. The SMILES string of the molecule is Cc1c(C)n(C2CCCCCC2O)c2ncnc(N)c12. The number of aryl methyl sites for hydroxylation is 1. The van der Waals surface area contributed by atoms with Gasteiger partial charge in [-0.05, 0) is 32.3 Å². The summed E-state index contributed by atoms with van der Waals surface area (Å²) in [7, 11) is 0. The molecule has 2 unspecified atom stereocenters. The van der Waals surface area contributed by atoms with E-state index in [4.69, 9.17) is 5.73 Å². The van der Waals surface area contributed by atoms with Crippen molar-refractivity contribution in [3.8, 4) is 0 Å². The normalized spacial score (nSPS) is 23.9. The molecule has 0 saturated heterocycles. The molecular weight excluding hydrogens is 252 g/mol. The van der Waals surface area contributed by atoms with Gasteiger partial charge in [0.05, 0.1) is 17.5 Å². The number of hydrogen-bond donors (Lipinski definition) is 2. The fraction of sp³-hybridized carbons (Fsp3) is 0.600. The first-order valence-electron chi connectivity index (χ1n) is 7.37. The molecule has 5 heteroatoms. The summed E-state index contributed by atoms with van der Waals surface area (Å²) in [4.78, 5) is 8.52. The van der Waals surface area contributed by atoms with Crippen LogP contribution in [0.5, 0.6) is 0 Å². The number of aliphatic hydroxyl groups is 1. The topological polar surface area (TPSA) is 77.0 Å². The molecule has 1 aliphatic carbocycles. The maximum absolute atomic E-state index is 10.5. The van der Waals surface area contributed by atoms with Crippen molar-refractivity contribution in [2.45, 2.75) is 58.1 Å². The van der Waals surface area contributed by atoms with Crippen LogP contribution in [0.15, 0.2) is 6.33 Å². The molecule has 2 heterocycles. The van der Waals surface area contributed by atoms with Crippen LogP contribution in [0.25, 0.3) is 11.0 Å². The van der Waals surface area contributed by atoms with E-state index in [0.717, 1.165) is 48.0 Å². The quantitative estimate of drug-likeness (QED) is 0.783. The lowest BCUT2D eigenvalue weighted by Gasteiger charge is -2.24.